The summed E-state index contributed by atoms with van der Waals surface area (Å²) in [5.74, 6) is -0.684. The molecule has 0 fully saturated rings. The second-order valence-electron chi connectivity index (χ2n) is 3.33. The van der Waals surface area contributed by atoms with Crippen molar-refractivity contribution in [2.45, 2.75) is 6.92 Å². The van der Waals surface area contributed by atoms with Gasteiger partial charge in [0.2, 0.25) is 0 Å². The first-order valence-electron chi connectivity index (χ1n) is 4.59. The molecule has 82 valence electrons. The van der Waals surface area contributed by atoms with Gasteiger partial charge in [0.25, 0.3) is 0 Å². The average Bonchev–Trinajstić information content (AvgIpc) is 2.64. The van der Waals surface area contributed by atoms with E-state index in [9.17, 15) is 9.18 Å². The van der Waals surface area contributed by atoms with Gasteiger partial charge in [-0.05, 0) is 25.1 Å². The highest BCUT2D eigenvalue weighted by Crippen LogP contribution is 2.17. The summed E-state index contributed by atoms with van der Waals surface area (Å²) in [6, 6.07) is 4.24. The van der Waals surface area contributed by atoms with Crippen molar-refractivity contribution < 1.29 is 9.18 Å². The largest absolute Gasteiger partial charge is 0.295 e. The highest BCUT2D eigenvalue weighted by molar-refractivity contribution is 6.30. The van der Waals surface area contributed by atoms with Crippen LogP contribution in [-0.4, -0.2) is 15.6 Å². The van der Waals surface area contributed by atoms with Crippen LogP contribution in [0.3, 0.4) is 0 Å². The van der Waals surface area contributed by atoms with Crippen LogP contribution in [0.15, 0.2) is 30.6 Å². The van der Waals surface area contributed by atoms with Crippen molar-refractivity contribution in [2.24, 2.45) is 0 Å². The molecule has 0 atom stereocenters. The fourth-order valence-corrected chi connectivity index (χ4v) is 1.48. The maximum atomic E-state index is 13.6. The van der Waals surface area contributed by atoms with Crippen LogP contribution in [0.25, 0.3) is 5.69 Å². The van der Waals surface area contributed by atoms with E-state index in [-0.39, 0.29) is 11.5 Å². The summed E-state index contributed by atoms with van der Waals surface area (Å²) in [6.45, 7) is 1.39. The van der Waals surface area contributed by atoms with Gasteiger partial charge in [0, 0.05) is 11.8 Å². The topological polar surface area (TPSA) is 34.9 Å². The van der Waals surface area contributed by atoms with E-state index >= 15 is 0 Å². The number of ketones is 1. The van der Waals surface area contributed by atoms with Gasteiger partial charge < -0.3 is 0 Å². The Morgan fingerprint density at radius 3 is 2.75 bits per heavy atom. The van der Waals surface area contributed by atoms with Crippen LogP contribution >= 0.6 is 11.6 Å². The number of halogens is 2. The molecule has 5 heteroatoms. The van der Waals surface area contributed by atoms with E-state index < -0.39 is 5.82 Å². The molecule has 0 N–H and O–H groups in total. The van der Waals surface area contributed by atoms with Crippen LogP contribution in [0.5, 0.6) is 0 Å². The second-order valence-corrected chi connectivity index (χ2v) is 3.76. The summed E-state index contributed by atoms with van der Waals surface area (Å²) in [5, 5.41) is 4.31. The summed E-state index contributed by atoms with van der Waals surface area (Å²) in [6.07, 6.45) is 2.91. The molecule has 1 aromatic heterocycles. The van der Waals surface area contributed by atoms with Crippen LogP contribution in [0, 0.1) is 5.82 Å². The fourth-order valence-electron chi connectivity index (χ4n) is 1.34. The van der Waals surface area contributed by atoms with E-state index in [4.69, 9.17) is 11.6 Å². The standard InChI is InChI=1S/C11H8ClFN2O/c1-7(16)8-2-3-11(10(13)4-8)15-6-9(12)5-14-15/h2-6H,1H3. The zero-order chi connectivity index (χ0) is 11.7. The normalized spacial score (nSPS) is 10.4. The molecule has 0 saturated heterocycles. The van der Waals surface area contributed by atoms with Gasteiger partial charge in [-0.3, -0.25) is 4.79 Å². The molecule has 0 aliphatic carbocycles. The number of hydrogen-bond acceptors (Lipinski definition) is 2. The first-order chi connectivity index (χ1) is 7.58. The number of nitrogens with zero attached hydrogens (tertiary/aromatic N) is 2. The molecule has 0 spiro atoms. The summed E-state index contributed by atoms with van der Waals surface area (Å²) in [5.41, 5.74) is 0.594. The lowest BCUT2D eigenvalue weighted by Crippen LogP contribution is -2.00. The molecule has 2 aromatic rings. The molecule has 0 saturated carbocycles. The van der Waals surface area contributed by atoms with Crippen molar-refractivity contribution in [3.05, 3.63) is 47.0 Å². The van der Waals surface area contributed by atoms with Gasteiger partial charge in [-0.1, -0.05) is 11.6 Å². The summed E-state index contributed by atoms with van der Waals surface area (Å²) in [4.78, 5) is 11.0. The van der Waals surface area contributed by atoms with Crippen molar-refractivity contribution in [3.63, 3.8) is 0 Å². The van der Waals surface area contributed by atoms with Gasteiger partial charge in [-0.2, -0.15) is 5.10 Å². The highest BCUT2D eigenvalue weighted by Gasteiger charge is 2.08. The van der Waals surface area contributed by atoms with E-state index in [1.807, 2.05) is 0 Å². The Kier molecular flexibility index (Phi) is 2.75. The molecule has 0 bridgehead atoms. The molecule has 0 unspecified atom stereocenters. The van der Waals surface area contributed by atoms with E-state index in [0.717, 1.165) is 0 Å². The molecule has 1 heterocycles. The van der Waals surface area contributed by atoms with Gasteiger partial charge in [0.15, 0.2) is 5.78 Å². The first-order valence-corrected chi connectivity index (χ1v) is 4.97. The molecule has 3 nitrogen and oxygen atoms in total. The molecular weight excluding hydrogens is 231 g/mol. The summed E-state index contributed by atoms with van der Waals surface area (Å²) < 4.78 is 15.0. The molecule has 0 aliphatic rings. The third-order valence-electron chi connectivity index (χ3n) is 2.15. The number of Topliss-reactive ketones (excluding diaryl/α,β-unsaturated/α-hetero) is 1. The van der Waals surface area contributed by atoms with E-state index in [1.54, 1.807) is 6.07 Å². The van der Waals surface area contributed by atoms with Crippen LogP contribution in [0.2, 0.25) is 5.02 Å². The van der Waals surface area contributed by atoms with Crippen LogP contribution < -0.4 is 0 Å². The number of hydrogen-bond donors (Lipinski definition) is 0. The second kappa shape index (κ2) is 4.06. The Balaban J connectivity index is 2.47. The quantitative estimate of drug-likeness (QED) is 0.754. The molecule has 2 rings (SSSR count). The number of carbonyl (C=O) groups excluding carboxylic acids is 1. The van der Waals surface area contributed by atoms with Gasteiger partial charge >= 0.3 is 0 Å². The van der Waals surface area contributed by atoms with Crippen LogP contribution in [0.4, 0.5) is 4.39 Å². The molecule has 0 radical (unpaired) electrons. The first kappa shape index (κ1) is 10.8. The highest BCUT2D eigenvalue weighted by atomic mass is 35.5. The minimum atomic E-state index is -0.507. The number of benzene rings is 1. The van der Waals surface area contributed by atoms with Crippen molar-refractivity contribution >= 4 is 17.4 Å². The predicted molar refractivity (Wildman–Crippen MR) is 58.5 cm³/mol. The maximum absolute atomic E-state index is 13.6. The predicted octanol–water partition coefficient (Wildman–Crippen LogP) is 2.87. The zero-order valence-corrected chi connectivity index (χ0v) is 9.20. The Labute approximate surface area is 96.5 Å². The Morgan fingerprint density at radius 2 is 2.25 bits per heavy atom. The molecule has 0 amide bonds. The van der Waals surface area contributed by atoms with Crippen molar-refractivity contribution in [1.82, 2.24) is 9.78 Å². The lowest BCUT2D eigenvalue weighted by molar-refractivity contribution is 0.101. The minimum absolute atomic E-state index is 0.177. The number of aromatic nitrogens is 2. The average molecular weight is 239 g/mol. The molecule has 0 aliphatic heterocycles. The lowest BCUT2D eigenvalue weighted by Gasteiger charge is -2.04. The van der Waals surface area contributed by atoms with Gasteiger partial charge in [-0.25, -0.2) is 9.07 Å². The minimum Gasteiger partial charge on any atom is -0.295 e. The van der Waals surface area contributed by atoms with Gasteiger partial charge in [0.05, 0.1) is 11.2 Å². The molecular formula is C11H8ClFN2O. The van der Waals surface area contributed by atoms with E-state index in [1.165, 1.54) is 36.1 Å². The van der Waals surface area contributed by atoms with Crippen LogP contribution in [0.1, 0.15) is 17.3 Å². The van der Waals surface area contributed by atoms with Gasteiger partial charge in [0.1, 0.15) is 11.5 Å². The SMILES string of the molecule is CC(=O)c1ccc(-n2cc(Cl)cn2)c(F)c1. The monoisotopic (exact) mass is 238 g/mol. The third kappa shape index (κ3) is 1.97. The maximum Gasteiger partial charge on any atom is 0.159 e. The fraction of sp³-hybridized carbons (Fsp3) is 0.0909. The molecule has 1 aromatic carbocycles. The summed E-state index contributed by atoms with van der Waals surface area (Å²) in [7, 11) is 0. The Hall–Kier alpha value is -1.68. The van der Waals surface area contributed by atoms with Crippen molar-refractivity contribution in [2.75, 3.05) is 0 Å². The zero-order valence-electron chi connectivity index (χ0n) is 8.45. The van der Waals surface area contributed by atoms with Crippen LogP contribution in [-0.2, 0) is 0 Å². The number of carbonyl (C=O) groups is 1. The van der Waals surface area contributed by atoms with E-state index in [2.05, 4.69) is 5.10 Å². The number of rotatable bonds is 2. The third-order valence-corrected chi connectivity index (χ3v) is 2.35. The Morgan fingerprint density at radius 1 is 1.50 bits per heavy atom. The van der Waals surface area contributed by atoms with Gasteiger partial charge in [-0.15, -0.1) is 0 Å². The molecule has 16 heavy (non-hydrogen) atoms. The Bertz CT molecular complexity index is 551. The summed E-state index contributed by atoms with van der Waals surface area (Å²) >= 11 is 5.68. The lowest BCUT2D eigenvalue weighted by atomic mass is 10.1. The van der Waals surface area contributed by atoms with E-state index in [0.29, 0.717) is 10.6 Å². The smallest absolute Gasteiger partial charge is 0.159 e. The van der Waals surface area contributed by atoms with Crippen molar-refractivity contribution in [3.8, 4) is 5.69 Å². The van der Waals surface area contributed by atoms with Crippen molar-refractivity contribution in [1.29, 1.82) is 0 Å².